The molecule has 0 unspecified atom stereocenters. The predicted molar refractivity (Wildman–Crippen MR) is 84.0 cm³/mol. The van der Waals surface area contributed by atoms with E-state index in [1.165, 1.54) is 14.2 Å². The van der Waals surface area contributed by atoms with Crippen molar-refractivity contribution < 1.29 is 19.0 Å². The Kier molecular flexibility index (Phi) is 4.68. The monoisotopic (exact) mass is 321 g/mol. The summed E-state index contributed by atoms with van der Waals surface area (Å²) in [6.07, 6.45) is 1.16. The predicted octanol–water partition coefficient (Wildman–Crippen LogP) is 0.690. The number of nitrogens with one attached hydrogen (secondary N) is 1. The number of fused-ring (bicyclic) bond motifs is 1. The third kappa shape index (κ3) is 3.40. The molecule has 7 nitrogen and oxygen atoms in total. The van der Waals surface area contributed by atoms with Gasteiger partial charge in [-0.2, -0.15) is 4.98 Å². The van der Waals surface area contributed by atoms with E-state index >= 15 is 0 Å². The average Bonchev–Trinajstić information content (AvgIpc) is 2.95. The highest BCUT2D eigenvalue weighted by Gasteiger charge is 2.37. The number of carbonyl (C=O) groups excluding carboxylic acids is 1. The van der Waals surface area contributed by atoms with E-state index in [4.69, 9.17) is 14.2 Å². The summed E-state index contributed by atoms with van der Waals surface area (Å²) in [5.74, 6) is 0.521. The number of pyridine rings is 1. The highest BCUT2D eigenvalue weighted by molar-refractivity contribution is 5.96. The molecule has 0 spiro atoms. The number of hydrogen-bond acceptors (Lipinski definition) is 6. The van der Waals surface area contributed by atoms with Gasteiger partial charge >= 0.3 is 0 Å². The van der Waals surface area contributed by atoms with Crippen LogP contribution in [-0.2, 0) is 4.74 Å². The van der Waals surface area contributed by atoms with Crippen molar-refractivity contribution in [2.75, 3.05) is 33.9 Å². The van der Waals surface area contributed by atoms with Gasteiger partial charge in [0, 0.05) is 31.2 Å². The molecule has 1 N–H and O–H groups in total. The first-order valence-corrected chi connectivity index (χ1v) is 7.86. The molecule has 2 aliphatic heterocycles. The maximum atomic E-state index is 12.5. The SMILES string of the molecule is COc1ccc(C(=O)N[C@@H]2C[C@H]3CO[C@H](C)CN3C2)c(OC)n1. The molecule has 0 bridgehead atoms. The standard InChI is InChI=1S/C16H23N3O4/c1-10-7-19-8-11(6-12(19)9-23-10)17-15(20)13-4-5-14(21-2)18-16(13)22-3/h4-5,10-12H,6-9H2,1-3H3,(H,17,20)/t10-,11-,12+/m1/s1. The Morgan fingerprint density at radius 1 is 1.35 bits per heavy atom. The molecule has 1 amide bonds. The molecule has 23 heavy (non-hydrogen) atoms. The Balaban J connectivity index is 1.66. The molecule has 0 aromatic carbocycles. The van der Waals surface area contributed by atoms with Gasteiger partial charge in [0.05, 0.1) is 26.9 Å². The minimum Gasteiger partial charge on any atom is -0.481 e. The van der Waals surface area contributed by atoms with E-state index in [0.29, 0.717) is 17.5 Å². The lowest BCUT2D eigenvalue weighted by Gasteiger charge is -2.33. The summed E-state index contributed by atoms with van der Waals surface area (Å²) in [5.41, 5.74) is 0.419. The second kappa shape index (κ2) is 6.72. The van der Waals surface area contributed by atoms with Crippen molar-refractivity contribution in [3.8, 4) is 11.8 Å². The van der Waals surface area contributed by atoms with Crippen LogP contribution in [-0.4, -0.2) is 67.9 Å². The van der Waals surface area contributed by atoms with E-state index in [-0.39, 0.29) is 23.9 Å². The van der Waals surface area contributed by atoms with Gasteiger partial charge in [-0.1, -0.05) is 0 Å². The van der Waals surface area contributed by atoms with Crippen LogP contribution in [0.15, 0.2) is 12.1 Å². The molecule has 0 aliphatic carbocycles. The van der Waals surface area contributed by atoms with Gasteiger partial charge in [-0.05, 0) is 19.4 Å². The van der Waals surface area contributed by atoms with E-state index in [2.05, 4.69) is 22.1 Å². The normalized spacial score (nSPS) is 27.3. The number of ether oxygens (including phenoxy) is 3. The molecule has 2 saturated heterocycles. The molecule has 1 aromatic rings. The molecule has 1 aromatic heterocycles. The Morgan fingerprint density at radius 2 is 2.17 bits per heavy atom. The fourth-order valence-electron chi connectivity index (χ4n) is 3.27. The zero-order chi connectivity index (χ0) is 16.4. The number of carbonyl (C=O) groups is 1. The number of aromatic nitrogens is 1. The molecule has 3 heterocycles. The van der Waals surface area contributed by atoms with Crippen molar-refractivity contribution >= 4 is 5.91 Å². The number of rotatable bonds is 4. The van der Waals surface area contributed by atoms with E-state index in [1.807, 2.05) is 0 Å². The van der Waals surface area contributed by atoms with Gasteiger partial charge in [-0.3, -0.25) is 9.69 Å². The van der Waals surface area contributed by atoms with Crippen LogP contribution in [0.1, 0.15) is 23.7 Å². The van der Waals surface area contributed by atoms with Crippen LogP contribution < -0.4 is 14.8 Å². The summed E-state index contributed by atoms with van der Waals surface area (Å²) < 4.78 is 15.9. The zero-order valence-electron chi connectivity index (χ0n) is 13.7. The summed E-state index contributed by atoms with van der Waals surface area (Å²) in [6.45, 7) is 4.59. The minimum atomic E-state index is -0.171. The van der Waals surface area contributed by atoms with Crippen LogP contribution in [0.25, 0.3) is 0 Å². The van der Waals surface area contributed by atoms with Crippen molar-refractivity contribution in [2.24, 2.45) is 0 Å². The van der Waals surface area contributed by atoms with Gasteiger partial charge in [-0.15, -0.1) is 0 Å². The lowest BCUT2D eigenvalue weighted by atomic mass is 10.1. The van der Waals surface area contributed by atoms with E-state index in [1.54, 1.807) is 12.1 Å². The summed E-state index contributed by atoms with van der Waals surface area (Å²) in [4.78, 5) is 19.1. The van der Waals surface area contributed by atoms with Gasteiger partial charge in [-0.25, -0.2) is 0 Å². The second-order valence-electron chi connectivity index (χ2n) is 6.07. The molecular formula is C16H23N3O4. The maximum absolute atomic E-state index is 12.5. The van der Waals surface area contributed by atoms with Crippen molar-refractivity contribution in [1.82, 2.24) is 15.2 Å². The van der Waals surface area contributed by atoms with E-state index < -0.39 is 0 Å². The Labute approximate surface area is 135 Å². The van der Waals surface area contributed by atoms with Gasteiger partial charge in [0.1, 0.15) is 5.56 Å². The first-order valence-electron chi connectivity index (χ1n) is 7.86. The molecule has 0 saturated carbocycles. The topological polar surface area (TPSA) is 72.9 Å². The summed E-state index contributed by atoms with van der Waals surface area (Å²) in [7, 11) is 3.02. The fourth-order valence-corrected chi connectivity index (χ4v) is 3.27. The molecule has 2 fully saturated rings. The van der Waals surface area contributed by atoms with Gasteiger partial charge in [0.15, 0.2) is 0 Å². The summed E-state index contributed by atoms with van der Waals surface area (Å²) in [5, 5.41) is 3.08. The molecule has 3 rings (SSSR count). The van der Waals surface area contributed by atoms with Gasteiger partial charge in [0.25, 0.3) is 5.91 Å². The van der Waals surface area contributed by atoms with Crippen LogP contribution in [0.5, 0.6) is 11.8 Å². The third-order valence-electron chi connectivity index (χ3n) is 4.41. The van der Waals surface area contributed by atoms with Crippen LogP contribution in [0, 0.1) is 0 Å². The van der Waals surface area contributed by atoms with E-state index in [9.17, 15) is 4.79 Å². The maximum Gasteiger partial charge on any atom is 0.257 e. The van der Waals surface area contributed by atoms with Crippen LogP contribution >= 0.6 is 0 Å². The Bertz CT molecular complexity index is 580. The highest BCUT2D eigenvalue weighted by atomic mass is 16.5. The number of morpholine rings is 1. The van der Waals surface area contributed by atoms with Crippen LogP contribution in [0.4, 0.5) is 0 Å². The summed E-state index contributed by atoms with van der Waals surface area (Å²) in [6, 6.07) is 3.85. The lowest BCUT2D eigenvalue weighted by Crippen LogP contribution is -2.45. The van der Waals surface area contributed by atoms with Crippen LogP contribution in [0.3, 0.4) is 0 Å². The smallest absolute Gasteiger partial charge is 0.257 e. The first-order chi connectivity index (χ1) is 11.1. The van der Waals surface area contributed by atoms with Crippen molar-refractivity contribution in [2.45, 2.75) is 31.5 Å². The second-order valence-corrected chi connectivity index (χ2v) is 6.07. The third-order valence-corrected chi connectivity index (χ3v) is 4.41. The number of amides is 1. The number of nitrogens with zero attached hydrogens (tertiary/aromatic N) is 2. The number of hydrogen-bond donors (Lipinski definition) is 1. The zero-order valence-corrected chi connectivity index (χ0v) is 13.7. The van der Waals surface area contributed by atoms with Crippen molar-refractivity contribution in [3.05, 3.63) is 17.7 Å². The molecule has 0 radical (unpaired) electrons. The Hall–Kier alpha value is -1.86. The molecular weight excluding hydrogens is 298 g/mol. The van der Waals surface area contributed by atoms with E-state index in [0.717, 1.165) is 26.1 Å². The summed E-state index contributed by atoms with van der Waals surface area (Å²) >= 11 is 0. The molecule has 2 aliphatic rings. The van der Waals surface area contributed by atoms with Gasteiger partial charge in [0.2, 0.25) is 11.8 Å². The molecule has 7 heteroatoms. The van der Waals surface area contributed by atoms with Crippen molar-refractivity contribution in [1.29, 1.82) is 0 Å². The number of methoxy groups -OCH3 is 2. The van der Waals surface area contributed by atoms with Crippen molar-refractivity contribution in [3.63, 3.8) is 0 Å². The Morgan fingerprint density at radius 3 is 2.91 bits per heavy atom. The largest absolute Gasteiger partial charge is 0.481 e. The quantitative estimate of drug-likeness (QED) is 0.880. The first kappa shape index (κ1) is 16.0. The van der Waals surface area contributed by atoms with Gasteiger partial charge < -0.3 is 19.5 Å². The minimum absolute atomic E-state index is 0.119. The molecule has 126 valence electrons. The average molecular weight is 321 g/mol. The lowest BCUT2D eigenvalue weighted by molar-refractivity contribution is -0.0390. The van der Waals surface area contributed by atoms with Crippen LogP contribution in [0.2, 0.25) is 0 Å². The highest BCUT2D eigenvalue weighted by Crippen LogP contribution is 2.24. The molecule has 3 atom stereocenters. The fraction of sp³-hybridized carbons (Fsp3) is 0.625.